The third-order valence-corrected chi connectivity index (χ3v) is 7.37. The fraction of sp³-hybridized carbons (Fsp3) is 0.643. The van der Waals surface area contributed by atoms with Crippen LogP contribution in [-0.2, 0) is 23.0 Å². The predicted octanol–water partition coefficient (Wildman–Crippen LogP) is 5.33. The summed E-state index contributed by atoms with van der Waals surface area (Å²) in [5.41, 5.74) is 2.15. The zero-order chi connectivity index (χ0) is 23.2. The van der Waals surface area contributed by atoms with Crippen molar-refractivity contribution >= 4 is 20.9 Å². The van der Waals surface area contributed by atoms with Gasteiger partial charge >= 0.3 is 51.4 Å². The number of benzene rings is 2. The van der Waals surface area contributed by atoms with Gasteiger partial charge < -0.3 is 4.55 Å². The number of hydrogen-bond donors (Lipinski definition) is 0. The maximum Gasteiger partial charge on any atom is 1.00 e. The van der Waals surface area contributed by atoms with Crippen molar-refractivity contribution in [3.05, 3.63) is 41.5 Å². The normalized spacial score (nSPS) is 11.6. The summed E-state index contributed by atoms with van der Waals surface area (Å²) in [5, 5.41) is 1.54. The Morgan fingerprint density at radius 3 is 1.73 bits per heavy atom. The molecule has 0 aromatic heterocycles. The van der Waals surface area contributed by atoms with Crippen LogP contribution in [0, 0.1) is 0 Å². The van der Waals surface area contributed by atoms with Crippen LogP contribution < -0.4 is 51.4 Å². The zero-order valence-electron chi connectivity index (χ0n) is 21.3. The summed E-state index contributed by atoms with van der Waals surface area (Å²) in [4.78, 5) is -0.0469. The Morgan fingerprint density at radius 1 is 0.667 bits per heavy atom. The van der Waals surface area contributed by atoms with Gasteiger partial charge in [-0.15, -0.1) is 0 Å². The molecule has 0 heterocycles. The molecular formula is C28H43KO3S. The first-order valence-electron chi connectivity index (χ1n) is 13.0. The van der Waals surface area contributed by atoms with Crippen LogP contribution in [0.25, 0.3) is 10.8 Å². The average molecular weight is 499 g/mol. The van der Waals surface area contributed by atoms with Crippen LogP contribution in [0.15, 0.2) is 35.2 Å². The van der Waals surface area contributed by atoms with Crippen molar-refractivity contribution in [1.82, 2.24) is 0 Å². The number of rotatable bonds is 17. The molecule has 5 heteroatoms. The number of fused-ring (bicyclic) bond motifs is 1. The molecule has 2 aromatic rings. The summed E-state index contributed by atoms with van der Waals surface area (Å²) in [6.07, 6.45) is 19.1. The molecule has 33 heavy (non-hydrogen) atoms. The van der Waals surface area contributed by atoms with Crippen LogP contribution in [-0.4, -0.2) is 13.0 Å². The van der Waals surface area contributed by atoms with Crippen molar-refractivity contribution in [2.45, 2.75) is 121 Å². The average Bonchev–Trinajstić information content (AvgIpc) is 2.77. The van der Waals surface area contributed by atoms with Crippen molar-refractivity contribution in [3.8, 4) is 0 Å². The van der Waals surface area contributed by atoms with Gasteiger partial charge in [-0.1, -0.05) is 115 Å². The largest absolute Gasteiger partial charge is 1.00 e. The third-order valence-electron chi connectivity index (χ3n) is 6.50. The summed E-state index contributed by atoms with van der Waals surface area (Å²) in [6.45, 7) is 4.46. The SMILES string of the molecule is CCCCCCCCCc1cc(S(=O)(=O)[O-])c2cccc(CCCCCCCCC)c2c1.[K+]. The van der Waals surface area contributed by atoms with Crippen LogP contribution in [0.2, 0.25) is 0 Å². The van der Waals surface area contributed by atoms with Gasteiger partial charge in [0, 0.05) is 0 Å². The number of hydrogen-bond acceptors (Lipinski definition) is 3. The molecule has 0 aliphatic rings. The van der Waals surface area contributed by atoms with Gasteiger partial charge in [-0.3, -0.25) is 0 Å². The fourth-order valence-electron chi connectivity index (χ4n) is 4.60. The van der Waals surface area contributed by atoms with E-state index in [0.29, 0.717) is 5.39 Å². The fourth-order valence-corrected chi connectivity index (χ4v) is 5.34. The van der Waals surface area contributed by atoms with Gasteiger partial charge in [-0.05, 0) is 53.6 Å². The van der Waals surface area contributed by atoms with E-state index in [1.165, 1.54) is 76.2 Å². The number of unbranched alkanes of at least 4 members (excludes halogenated alkanes) is 12. The molecule has 0 spiro atoms. The monoisotopic (exact) mass is 498 g/mol. The quantitative estimate of drug-likeness (QED) is 0.168. The summed E-state index contributed by atoms with van der Waals surface area (Å²) >= 11 is 0. The first-order valence-corrected chi connectivity index (χ1v) is 14.4. The Hall–Kier alpha value is 0.246. The van der Waals surface area contributed by atoms with E-state index in [-0.39, 0.29) is 56.3 Å². The van der Waals surface area contributed by atoms with Crippen LogP contribution in [0.5, 0.6) is 0 Å². The summed E-state index contributed by atoms with van der Waals surface area (Å²) in [6, 6.07) is 9.53. The first kappa shape index (κ1) is 31.3. The Kier molecular flexibility index (Phi) is 16.7. The van der Waals surface area contributed by atoms with Crippen LogP contribution in [0.3, 0.4) is 0 Å². The van der Waals surface area contributed by atoms with E-state index in [2.05, 4.69) is 26.0 Å². The van der Waals surface area contributed by atoms with Gasteiger partial charge in [-0.25, -0.2) is 8.42 Å². The minimum atomic E-state index is -4.50. The van der Waals surface area contributed by atoms with E-state index in [4.69, 9.17) is 0 Å². The van der Waals surface area contributed by atoms with E-state index in [0.717, 1.165) is 43.1 Å². The summed E-state index contributed by atoms with van der Waals surface area (Å²) in [7, 11) is -4.50. The van der Waals surface area contributed by atoms with Crippen molar-refractivity contribution in [1.29, 1.82) is 0 Å². The van der Waals surface area contributed by atoms with E-state index in [1.54, 1.807) is 12.1 Å². The molecule has 0 radical (unpaired) electrons. The molecule has 0 bridgehead atoms. The molecule has 0 atom stereocenters. The predicted molar refractivity (Wildman–Crippen MR) is 135 cm³/mol. The van der Waals surface area contributed by atoms with Crippen LogP contribution >= 0.6 is 0 Å². The van der Waals surface area contributed by atoms with Gasteiger partial charge in [0.25, 0.3) is 0 Å². The minimum Gasteiger partial charge on any atom is -0.744 e. The zero-order valence-corrected chi connectivity index (χ0v) is 25.3. The molecular weight excluding hydrogens is 455 g/mol. The molecule has 0 fully saturated rings. The van der Waals surface area contributed by atoms with Crippen molar-refractivity contribution < 1.29 is 64.4 Å². The van der Waals surface area contributed by atoms with E-state index < -0.39 is 10.1 Å². The summed E-state index contributed by atoms with van der Waals surface area (Å²) in [5.74, 6) is 0. The molecule has 0 saturated heterocycles. The number of aryl methyl sites for hydroxylation is 2. The molecule has 0 aliphatic heterocycles. The minimum absolute atomic E-state index is 0. The maximum absolute atomic E-state index is 12.0. The molecule has 0 aliphatic carbocycles. The van der Waals surface area contributed by atoms with E-state index in [9.17, 15) is 13.0 Å². The Morgan fingerprint density at radius 2 is 1.18 bits per heavy atom. The Bertz CT molecular complexity index is 909. The van der Waals surface area contributed by atoms with Gasteiger partial charge in [-0.2, -0.15) is 0 Å². The molecule has 0 saturated carbocycles. The van der Waals surface area contributed by atoms with Gasteiger partial charge in [0.15, 0.2) is 0 Å². The van der Waals surface area contributed by atoms with E-state index in [1.807, 2.05) is 6.07 Å². The van der Waals surface area contributed by atoms with E-state index >= 15 is 0 Å². The standard InChI is InChI=1S/C28H44O3S.K/c1-3-5-7-9-11-13-15-18-24-22-27-25(19-16-14-12-10-8-6-4-2)20-17-21-26(27)28(23-24)32(29,30)31;/h17,20-23H,3-16,18-19H2,1-2H3,(H,29,30,31);/q;+1/p-1. The van der Waals surface area contributed by atoms with Crippen molar-refractivity contribution in [2.24, 2.45) is 0 Å². The smallest absolute Gasteiger partial charge is 0.744 e. The van der Waals surface area contributed by atoms with Crippen molar-refractivity contribution in [3.63, 3.8) is 0 Å². The Balaban J connectivity index is 0.00000544. The Labute approximate surface area is 245 Å². The van der Waals surface area contributed by atoms with Crippen LogP contribution in [0.4, 0.5) is 0 Å². The van der Waals surface area contributed by atoms with Gasteiger partial charge in [0.1, 0.15) is 10.1 Å². The van der Waals surface area contributed by atoms with Crippen LogP contribution in [0.1, 0.15) is 115 Å². The molecule has 0 unspecified atom stereocenters. The molecule has 0 amide bonds. The first-order chi connectivity index (χ1) is 15.5. The maximum atomic E-state index is 12.0. The second kappa shape index (κ2) is 17.6. The topological polar surface area (TPSA) is 57.2 Å². The molecule has 2 rings (SSSR count). The molecule has 180 valence electrons. The molecule has 3 nitrogen and oxygen atoms in total. The molecule has 2 aromatic carbocycles. The third kappa shape index (κ3) is 11.7. The van der Waals surface area contributed by atoms with Gasteiger partial charge in [0.2, 0.25) is 0 Å². The molecule has 0 N–H and O–H groups in total. The summed E-state index contributed by atoms with van der Waals surface area (Å²) < 4.78 is 36.1. The second-order valence-electron chi connectivity index (χ2n) is 9.30. The second-order valence-corrected chi connectivity index (χ2v) is 10.7. The van der Waals surface area contributed by atoms with Gasteiger partial charge in [0.05, 0.1) is 4.90 Å². The van der Waals surface area contributed by atoms with Crippen molar-refractivity contribution in [2.75, 3.05) is 0 Å².